The number of fused-ring (bicyclic) bond motifs is 1. The highest BCUT2D eigenvalue weighted by Crippen LogP contribution is 2.39. The highest BCUT2D eigenvalue weighted by Gasteiger charge is 2.38. The molecule has 1 aliphatic heterocycles. The van der Waals surface area contributed by atoms with Crippen LogP contribution in [-0.4, -0.2) is 38.1 Å². The molecule has 4 aromatic rings. The number of rotatable bonds is 5. The first kappa shape index (κ1) is 23.6. The molecule has 2 atom stereocenters. The summed E-state index contributed by atoms with van der Waals surface area (Å²) in [6, 6.07) is 10.8. The third-order valence-electron chi connectivity index (χ3n) is 6.11. The molecule has 13 heteroatoms. The van der Waals surface area contributed by atoms with Gasteiger partial charge in [0.2, 0.25) is 0 Å². The SMILES string of the molecule is N#Cc1c(N)nn2cnc(N3C[C@@H](OC(=O)c4ccc([N+](=O)[O-])cc4)C[C@@H]3c3cc(F)ccc3F)cc12. The largest absolute Gasteiger partial charge is 0.457 e. The van der Waals surface area contributed by atoms with Crippen LogP contribution in [-0.2, 0) is 4.74 Å². The Bertz CT molecular complexity index is 1580. The first-order chi connectivity index (χ1) is 17.7. The monoisotopic (exact) mass is 505 g/mol. The third kappa shape index (κ3) is 4.36. The van der Waals surface area contributed by atoms with Crippen molar-refractivity contribution in [1.82, 2.24) is 14.6 Å². The van der Waals surface area contributed by atoms with Gasteiger partial charge in [-0.25, -0.2) is 23.1 Å². The molecule has 0 unspecified atom stereocenters. The second-order valence-corrected chi connectivity index (χ2v) is 8.35. The molecule has 0 aliphatic carbocycles. The van der Waals surface area contributed by atoms with Crippen molar-refractivity contribution in [2.45, 2.75) is 18.6 Å². The van der Waals surface area contributed by atoms with Gasteiger partial charge in [0.25, 0.3) is 5.69 Å². The molecule has 0 amide bonds. The van der Waals surface area contributed by atoms with Crippen LogP contribution in [0.4, 0.5) is 26.1 Å². The van der Waals surface area contributed by atoms with Gasteiger partial charge in [-0.05, 0) is 30.3 Å². The fourth-order valence-electron chi connectivity index (χ4n) is 4.38. The second kappa shape index (κ2) is 9.15. The zero-order valence-electron chi connectivity index (χ0n) is 18.9. The minimum atomic E-state index is -0.758. The Morgan fingerprint density at radius 1 is 1.22 bits per heavy atom. The predicted octanol–water partition coefficient (Wildman–Crippen LogP) is 3.55. The van der Waals surface area contributed by atoms with Gasteiger partial charge in [-0.2, -0.15) is 5.26 Å². The van der Waals surface area contributed by atoms with Crippen LogP contribution >= 0.6 is 0 Å². The zero-order chi connectivity index (χ0) is 26.3. The number of halogens is 2. The summed E-state index contributed by atoms with van der Waals surface area (Å²) in [5, 5.41) is 24.3. The maximum Gasteiger partial charge on any atom is 0.338 e. The van der Waals surface area contributed by atoms with E-state index >= 15 is 0 Å². The summed E-state index contributed by atoms with van der Waals surface area (Å²) in [5.74, 6) is -1.68. The first-order valence-electron chi connectivity index (χ1n) is 11.0. The summed E-state index contributed by atoms with van der Waals surface area (Å²) in [6.45, 7) is 0.0774. The number of nitriles is 1. The lowest BCUT2D eigenvalue weighted by atomic mass is 10.0. The number of nitrogens with two attached hydrogens (primary N) is 1. The summed E-state index contributed by atoms with van der Waals surface area (Å²) in [4.78, 5) is 29.0. The fourth-order valence-corrected chi connectivity index (χ4v) is 4.38. The van der Waals surface area contributed by atoms with Crippen molar-refractivity contribution >= 4 is 28.8 Å². The summed E-state index contributed by atoms with van der Waals surface area (Å²) >= 11 is 0. The molecule has 2 aromatic carbocycles. The predicted molar refractivity (Wildman–Crippen MR) is 125 cm³/mol. The van der Waals surface area contributed by atoms with E-state index in [1.165, 1.54) is 35.1 Å². The Kier molecular flexibility index (Phi) is 5.84. The van der Waals surface area contributed by atoms with Gasteiger partial charge in [0, 0.05) is 30.2 Å². The van der Waals surface area contributed by atoms with E-state index in [-0.39, 0.29) is 41.2 Å². The number of hydrogen-bond donors (Lipinski definition) is 1. The van der Waals surface area contributed by atoms with Crippen molar-refractivity contribution in [3.05, 3.63) is 93.3 Å². The molecule has 0 spiro atoms. The Hall–Kier alpha value is -5.12. The van der Waals surface area contributed by atoms with Crippen LogP contribution < -0.4 is 10.6 Å². The molecule has 0 saturated carbocycles. The van der Waals surface area contributed by atoms with E-state index in [0.717, 1.165) is 18.2 Å². The normalized spacial score (nSPS) is 17.1. The molecule has 11 nitrogen and oxygen atoms in total. The smallest absolute Gasteiger partial charge is 0.338 e. The molecule has 186 valence electrons. The van der Waals surface area contributed by atoms with Crippen LogP contribution in [0.3, 0.4) is 0 Å². The number of benzene rings is 2. The van der Waals surface area contributed by atoms with E-state index in [1.807, 2.05) is 6.07 Å². The maximum absolute atomic E-state index is 14.8. The zero-order valence-corrected chi connectivity index (χ0v) is 18.9. The average Bonchev–Trinajstić information content (AvgIpc) is 3.44. The molecule has 2 N–H and O–H groups in total. The molecular formula is C24H17F2N7O4. The van der Waals surface area contributed by atoms with Gasteiger partial charge in [0.15, 0.2) is 5.82 Å². The van der Waals surface area contributed by atoms with E-state index in [4.69, 9.17) is 10.5 Å². The van der Waals surface area contributed by atoms with Gasteiger partial charge in [0.05, 0.1) is 28.6 Å². The molecule has 37 heavy (non-hydrogen) atoms. The van der Waals surface area contributed by atoms with E-state index in [1.54, 1.807) is 11.0 Å². The number of carbonyl (C=O) groups excluding carboxylic acids is 1. The van der Waals surface area contributed by atoms with Crippen LogP contribution in [0.1, 0.15) is 33.9 Å². The van der Waals surface area contributed by atoms with Crippen molar-refractivity contribution in [2.24, 2.45) is 0 Å². The molecule has 1 saturated heterocycles. The summed E-state index contributed by atoms with van der Waals surface area (Å²) in [7, 11) is 0. The minimum Gasteiger partial charge on any atom is -0.457 e. The molecule has 1 fully saturated rings. The van der Waals surface area contributed by atoms with Crippen LogP contribution in [0, 0.1) is 33.1 Å². The lowest BCUT2D eigenvalue weighted by molar-refractivity contribution is -0.384. The quantitative estimate of drug-likeness (QED) is 0.244. The molecule has 3 heterocycles. The number of hydrogen-bond acceptors (Lipinski definition) is 9. The van der Waals surface area contributed by atoms with Crippen molar-refractivity contribution < 1.29 is 23.2 Å². The van der Waals surface area contributed by atoms with E-state index < -0.39 is 34.7 Å². The number of carbonyl (C=O) groups is 1. The number of aromatic nitrogens is 3. The van der Waals surface area contributed by atoms with Gasteiger partial charge in [-0.1, -0.05) is 0 Å². The molecule has 0 bridgehead atoms. The number of esters is 1. The van der Waals surface area contributed by atoms with Crippen LogP contribution in [0.5, 0.6) is 0 Å². The van der Waals surface area contributed by atoms with Crippen molar-refractivity contribution in [1.29, 1.82) is 5.26 Å². The number of nitrogens with zero attached hydrogens (tertiary/aromatic N) is 6. The Labute approximate surface area is 207 Å². The minimum absolute atomic E-state index is 0.0190. The number of nitro groups is 1. The molecule has 1 aliphatic rings. The molecule has 2 aromatic heterocycles. The second-order valence-electron chi connectivity index (χ2n) is 8.35. The highest BCUT2D eigenvalue weighted by molar-refractivity contribution is 5.89. The third-order valence-corrected chi connectivity index (χ3v) is 6.11. The van der Waals surface area contributed by atoms with Crippen molar-refractivity contribution in [2.75, 3.05) is 17.2 Å². The first-order valence-corrected chi connectivity index (χ1v) is 11.0. The van der Waals surface area contributed by atoms with E-state index in [0.29, 0.717) is 11.3 Å². The fraction of sp³-hybridized carbons (Fsp3) is 0.167. The van der Waals surface area contributed by atoms with E-state index in [2.05, 4.69) is 10.1 Å². The van der Waals surface area contributed by atoms with Gasteiger partial charge in [-0.3, -0.25) is 10.1 Å². The number of anilines is 2. The van der Waals surface area contributed by atoms with Crippen LogP contribution in [0.25, 0.3) is 5.52 Å². The Morgan fingerprint density at radius 3 is 2.68 bits per heavy atom. The van der Waals surface area contributed by atoms with Gasteiger partial charge >= 0.3 is 5.97 Å². The number of nitro benzene ring substituents is 1. The maximum atomic E-state index is 14.8. The van der Waals surface area contributed by atoms with Gasteiger partial charge in [-0.15, -0.1) is 5.10 Å². The summed E-state index contributed by atoms with van der Waals surface area (Å²) in [5.41, 5.74) is 6.28. The average molecular weight is 505 g/mol. The Balaban J connectivity index is 1.48. The van der Waals surface area contributed by atoms with Crippen LogP contribution in [0.2, 0.25) is 0 Å². The standard InChI is InChI=1S/C24H17F2N7O4/c25-14-3-6-19(26)17(7-14)20-8-16(37-24(34)13-1-4-15(5-2-13)33(35)36)11-31(20)22-9-21-18(10-27)23(28)30-32(21)12-29-22/h1-7,9,12,16,20H,8,11H2,(H2,28,30)/t16-,20+/m0/s1. The molecular weight excluding hydrogens is 488 g/mol. The summed E-state index contributed by atoms with van der Waals surface area (Å²) in [6.07, 6.45) is 0.703. The van der Waals surface area contributed by atoms with Gasteiger partial charge < -0.3 is 15.4 Å². The number of nitrogen functional groups attached to an aromatic ring is 1. The lowest BCUT2D eigenvalue weighted by Crippen LogP contribution is -2.27. The topological polar surface area (TPSA) is 153 Å². The number of non-ortho nitro benzene ring substituents is 1. The van der Waals surface area contributed by atoms with Crippen LogP contribution in [0.15, 0.2) is 54.9 Å². The van der Waals surface area contributed by atoms with E-state index in [9.17, 15) is 29.0 Å². The number of ether oxygens (including phenoxy) is 1. The highest BCUT2D eigenvalue weighted by atomic mass is 19.1. The molecule has 0 radical (unpaired) electrons. The van der Waals surface area contributed by atoms with Gasteiger partial charge in [0.1, 0.15) is 41.5 Å². The molecule has 5 rings (SSSR count). The Morgan fingerprint density at radius 2 is 1.97 bits per heavy atom. The van der Waals surface area contributed by atoms with Crippen molar-refractivity contribution in [3.63, 3.8) is 0 Å². The summed E-state index contributed by atoms with van der Waals surface area (Å²) < 4.78 is 35.8. The lowest BCUT2D eigenvalue weighted by Gasteiger charge is -2.26. The van der Waals surface area contributed by atoms with Crippen molar-refractivity contribution in [3.8, 4) is 6.07 Å².